The summed E-state index contributed by atoms with van der Waals surface area (Å²) in [4.78, 5) is 14.3. The molecule has 0 aromatic heterocycles. The molecule has 2 saturated heterocycles. The maximum absolute atomic E-state index is 12.0. The highest BCUT2D eigenvalue weighted by Gasteiger charge is 2.21. The molecule has 22 heavy (non-hydrogen) atoms. The van der Waals surface area contributed by atoms with Gasteiger partial charge in [0.2, 0.25) is 5.91 Å². The molecule has 2 aliphatic heterocycles. The number of rotatable bonds is 6. The number of amides is 1. The zero-order valence-electron chi connectivity index (χ0n) is 13.5. The van der Waals surface area contributed by atoms with Crippen LogP contribution in [0.3, 0.4) is 0 Å². The van der Waals surface area contributed by atoms with Gasteiger partial charge in [0.05, 0.1) is 13.2 Å². The maximum Gasteiger partial charge on any atom is 0.220 e. The van der Waals surface area contributed by atoms with Crippen molar-refractivity contribution in [3.05, 3.63) is 0 Å². The largest absolute Gasteiger partial charge is 0.379 e. The summed E-state index contributed by atoms with van der Waals surface area (Å²) in [5.74, 6) is 1.42. The van der Waals surface area contributed by atoms with Crippen LogP contribution in [-0.2, 0) is 9.53 Å². The lowest BCUT2D eigenvalue weighted by Gasteiger charge is -2.28. The van der Waals surface area contributed by atoms with E-state index < -0.39 is 0 Å². The Bertz CT molecular complexity index is 297. The summed E-state index contributed by atoms with van der Waals surface area (Å²) >= 11 is 0. The van der Waals surface area contributed by atoms with Crippen LogP contribution in [0.25, 0.3) is 0 Å². The summed E-state index contributed by atoms with van der Waals surface area (Å²) < 4.78 is 5.31. The van der Waals surface area contributed by atoms with Crippen LogP contribution in [0.2, 0.25) is 0 Å². The molecule has 2 rings (SSSR count). The van der Waals surface area contributed by atoms with Crippen LogP contribution in [-0.4, -0.2) is 63.3 Å². The molecule has 0 radical (unpaired) electrons. The van der Waals surface area contributed by atoms with Crippen molar-refractivity contribution < 1.29 is 9.53 Å². The number of morpholine rings is 1. The topological polar surface area (TPSA) is 53.6 Å². The Hall–Kier alpha value is -0.0700. The zero-order chi connectivity index (χ0) is 14.2. The Kier molecular flexibility index (Phi) is 12.3. The standard InChI is InChI=1S/C15H29N3O2.2ClH/c1-13(14-2-4-16-5-3-14)12-15(19)17-6-7-18-8-10-20-11-9-18;;/h13-14,16H,2-12H2,1H3,(H,17,19);2*1H. The quantitative estimate of drug-likeness (QED) is 0.754. The van der Waals surface area contributed by atoms with Crippen LogP contribution in [0, 0.1) is 11.8 Å². The molecule has 7 heteroatoms. The molecule has 2 N–H and O–H groups in total. The number of nitrogens with zero attached hydrogens (tertiary/aromatic N) is 1. The van der Waals surface area contributed by atoms with Crippen molar-refractivity contribution >= 4 is 30.7 Å². The van der Waals surface area contributed by atoms with Gasteiger partial charge in [0.1, 0.15) is 0 Å². The highest BCUT2D eigenvalue weighted by Crippen LogP contribution is 2.23. The van der Waals surface area contributed by atoms with Gasteiger partial charge >= 0.3 is 0 Å². The van der Waals surface area contributed by atoms with Crippen LogP contribution >= 0.6 is 24.8 Å². The number of hydrogen-bond acceptors (Lipinski definition) is 4. The van der Waals surface area contributed by atoms with Crippen molar-refractivity contribution in [1.82, 2.24) is 15.5 Å². The molecule has 1 unspecified atom stereocenters. The van der Waals surface area contributed by atoms with Gasteiger partial charge in [-0.25, -0.2) is 0 Å². The summed E-state index contributed by atoms with van der Waals surface area (Å²) in [5, 5.41) is 6.44. The zero-order valence-corrected chi connectivity index (χ0v) is 15.1. The molecule has 2 fully saturated rings. The molecule has 1 amide bonds. The van der Waals surface area contributed by atoms with E-state index >= 15 is 0 Å². The molecule has 1 atom stereocenters. The summed E-state index contributed by atoms with van der Waals surface area (Å²) in [6, 6.07) is 0. The summed E-state index contributed by atoms with van der Waals surface area (Å²) in [5.41, 5.74) is 0. The van der Waals surface area contributed by atoms with E-state index in [4.69, 9.17) is 4.74 Å². The van der Waals surface area contributed by atoms with Gasteiger partial charge in [-0.1, -0.05) is 6.92 Å². The van der Waals surface area contributed by atoms with Gasteiger partial charge in [-0.2, -0.15) is 0 Å². The summed E-state index contributed by atoms with van der Waals surface area (Å²) in [6.45, 7) is 9.75. The van der Waals surface area contributed by atoms with E-state index in [2.05, 4.69) is 22.5 Å². The SMILES string of the molecule is CC(CC(=O)NCCN1CCOCC1)C1CCNCC1.Cl.Cl. The monoisotopic (exact) mass is 355 g/mol. The van der Waals surface area contributed by atoms with E-state index in [1.54, 1.807) is 0 Å². The van der Waals surface area contributed by atoms with Crippen molar-refractivity contribution in [3.8, 4) is 0 Å². The fourth-order valence-electron chi connectivity index (χ4n) is 3.12. The third-order valence-corrected chi connectivity index (χ3v) is 4.55. The maximum atomic E-state index is 12.0. The molecule has 0 aromatic carbocycles. The Morgan fingerprint density at radius 3 is 2.55 bits per heavy atom. The Morgan fingerprint density at radius 2 is 1.91 bits per heavy atom. The molecular formula is C15H31Cl2N3O2. The average Bonchev–Trinajstić information content (AvgIpc) is 2.49. The van der Waals surface area contributed by atoms with E-state index in [1.807, 2.05) is 0 Å². The molecule has 0 spiro atoms. The second-order valence-electron chi connectivity index (χ2n) is 6.07. The third-order valence-electron chi connectivity index (χ3n) is 4.55. The van der Waals surface area contributed by atoms with Crippen LogP contribution in [0.15, 0.2) is 0 Å². The van der Waals surface area contributed by atoms with Gasteiger partial charge in [-0.15, -0.1) is 24.8 Å². The minimum Gasteiger partial charge on any atom is -0.379 e. The van der Waals surface area contributed by atoms with Gasteiger partial charge in [0, 0.05) is 32.6 Å². The van der Waals surface area contributed by atoms with E-state index in [0.717, 1.165) is 52.5 Å². The minimum absolute atomic E-state index is 0. The Morgan fingerprint density at radius 1 is 1.27 bits per heavy atom. The first kappa shape index (κ1) is 21.9. The van der Waals surface area contributed by atoms with E-state index in [1.165, 1.54) is 12.8 Å². The number of ether oxygens (including phenoxy) is 1. The van der Waals surface area contributed by atoms with Gasteiger partial charge in [0.25, 0.3) is 0 Å². The van der Waals surface area contributed by atoms with Gasteiger partial charge < -0.3 is 15.4 Å². The van der Waals surface area contributed by atoms with Crippen LogP contribution in [0.4, 0.5) is 0 Å². The number of halogens is 2. The highest BCUT2D eigenvalue weighted by atomic mass is 35.5. The highest BCUT2D eigenvalue weighted by molar-refractivity contribution is 5.85. The van der Waals surface area contributed by atoms with Gasteiger partial charge in [0.15, 0.2) is 0 Å². The smallest absolute Gasteiger partial charge is 0.220 e. The minimum atomic E-state index is 0. The van der Waals surface area contributed by atoms with Crippen molar-refractivity contribution in [2.45, 2.75) is 26.2 Å². The molecule has 2 heterocycles. The predicted octanol–water partition coefficient (Wildman–Crippen LogP) is 1.30. The lowest BCUT2D eigenvalue weighted by atomic mass is 9.84. The molecule has 132 valence electrons. The molecule has 0 aromatic rings. The first-order chi connectivity index (χ1) is 9.75. The molecule has 2 aliphatic rings. The third kappa shape index (κ3) is 7.97. The van der Waals surface area contributed by atoms with Crippen molar-refractivity contribution in [1.29, 1.82) is 0 Å². The van der Waals surface area contributed by atoms with Crippen molar-refractivity contribution in [3.63, 3.8) is 0 Å². The van der Waals surface area contributed by atoms with Crippen molar-refractivity contribution in [2.75, 3.05) is 52.5 Å². The van der Waals surface area contributed by atoms with Crippen LogP contribution < -0.4 is 10.6 Å². The number of piperidine rings is 1. The van der Waals surface area contributed by atoms with E-state index in [-0.39, 0.29) is 30.7 Å². The second kappa shape index (κ2) is 12.4. The van der Waals surface area contributed by atoms with E-state index in [9.17, 15) is 4.79 Å². The van der Waals surface area contributed by atoms with E-state index in [0.29, 0.717) is 18.3 Å². The molecular weight excluding hydrogens is 325 g/mol. The van der Waals surface area contributed by atoms with Crippen molar-refractivity contribution in [2.24, 2.45) is 11.8 Å². The van der Waals surface area contributed by atoms with Crippen LogP contribution in [0.1, 0.15) is 26.2 Å². The lowest BCUT2D eigenvalue weighted by Crippen LogP contribution is -2.41. The van der Waals surface area contributed by atoms with Crippen LogP contribution in [0.5, 0.6) is 0 Å². The fourth-order valence-corrected chi connectivity index (χ4v) is 3.12. The number of carbonyl (C=O) groups is 1. The molecule has 0 saturated carbocycles. The predicted molar refractivity (Wildman–Crippen MR) is 94.1 cm³/mol. The lowest BCUT2D eigenvalue weighted by molar-refractivity contribution is -0.122. The first-order valence-electron chi connectivity index (χ1n) is 8.03. The fraction of sp³-hybridized carbons (Fsp3) is 0.933. The van der Waals surface area contributed by atoms with Gasteiger partial charge in [-0.05, 0) is 37.8 Å². The number of nitrogens with one attached hydrogen (secondary N) is 2. The molecule has 0 aliphatic carbocycles. The number of carbonyl (C=O) groups excluding carboxylic acids is 1. The second-order valence-corrected chi connectivity index (χ2v) is 6.07. The first-order valence-corrected chi connectivity index (χ1v) is 8.03. The average molecular weight is 356 g/mol. The summed E-state index contributed by atoms with van der Waals surface area (Å²) in [6.07, 6.45) is 3.10. The molecule has 5 nitrogen and oxygen atoms in total. The van der Waals surface area contributed by atoms with Gasteiger partial charge in [-0.3, -0.25) is 9.69 Å². The Balaban J connectivity index is 0.00000220. The summed E-state index contributed by atoms with van der Waals surface area (Å²) in [7, 11) is 0. The Labute approximate surface area is 146 Å². The molecule has 0 bridgehead atoms. The number of hydrogen-bond donors (Lipinski definition) is 2. The normalized spacial score (nSPS) is 21.3.